The summed E-state index contributed by atoms with van der Waals surface area (Å²) in [5.74, 6) is -8.61. The minimum atomic E-state index is -3.06. The molecule has 0 bridgehead atoms. The van der Waals surface area contributed by atoms with E-state index in [-0.39, 0.29) is 0 Å². The highest BCUT2D eigenvalue weighted by molar-refractivity contribution is 5.77. The Labute approximate surface area is 605 Å². The third kappa shape index (κ3) is 19.7. The van der Waals surface area contributed by atoms with Crippen LogP contribution in [0.25, 0.3) is 0 Å². The Morgan fingerprint density at radius 1 is 0.383 bits per heavy atom. The molecule has 41 atom stereocenters. The minimum absolute atomic E-state index is 0.769. The summed E-state index contributed by atoms with van der Waals surface area (Å²) < 4.78 is 87.5. The molecular formula is C59H98N4O44. The molecule has 8 heterocycles. The first-order chi connectivity index (χ1) is 50.4. The molecule has 4 amide bonds. The van der Waals surface area contributed by atoms with Crippen LogP contribution in [0.2, 0.25) is 0 Å². The molecule has 48 heteroatoms. The Kier molecular flexibility index (Phi) is 31.5. The Bertz CT molecular complexity index is 2870. The van der Waals surface area contributed by atoms with Gasteiger partial charge in [-0.2, -0.15) is 0 Å². The smallest absolute Gasteiger partial charge is 0.364 e. The lowest BCUT2D eigenvalue weighted by Crippen LogP contribution is -2.71. The van der Waals surface area contributed by atoms with E-state index in [1.807, 2.05) is 0 Å². The SMILES string of the molecule is CC(=O)N[C@@H]1[C@@H](O)[C@H](O[C@@H]2O[C@H](CO)[C@@H](O[C@@H]3O[C@H](CO[C@@H]4O[C@H](CO)[C@@H](O)[C@H](O)[C@@H]4O)[C@@H](O)[C@H](O[C@@H]4O[C@H](CO)[C@@H](O)[C@H](O)[C@@H]4O[C@@H]4O[C@H](CO)[C@@H](O[C@@H]5O[C@H](CO[C@@]6(C(=O)O)C[C@H](O)[C@@H](NC(C)=O)[C@H]([C@H](O)[C@H](O)CO)O6)[C@H](O)[C@H](O)[C@H]5O)[C@H](O)[C@H]4NC(C)=O)[C@@H]3O)[C@H](O)[C@H]2NC(C)=O)[C@@H](CO)O[C@H]1O. The first-order valence-electron chi connectivity index (χ1n) is 33.7. The topological polar surface area (TPSA) is 757 Å². The molecule has 8 fully saturated rings. The highest BCUT2D eigenvalue weighted by atomic mass is 16.8. The number of aliphatic hydroxyl groups is 23. The molecule has 8 rings (SSSR count). The van der Waals surface area contributed by atoms with Gasteiger partial charge in [-0.3, -0.25) is 19.2 Å². The zero-order chi connectivity index (χ0) is 79.3. The number of carboxylic acid groups (broad SMARTS) is 1. The van der Waals surface area contributed by atoms with Gasteiger partial charge in [0.05, 0.1) is 65.0 Å². The van der Waals surface area contributed by atoms with Crippen molar-refractivity contribution in [2.24, 2.45) is 0 Å². The molecule has 48 nitrogen and oxygen atoms in total. The number of ether oxygens (including phenoxy) is 15. The van der Waals surface area contributed by atoms with E-state index in [2.05, 4.69) is 21.3 Å². The molecule has 8 aliphatic rings. The average molecular weight is 1570 g/mol. The molecule has 0 unspecified atom stereocenters. The summed E-state index contributed by atoms with van der Waals surface area (Å²) in [6, 6.07) is -7.18. The number of carbonyl (C=O) groups is 5. The summed E-state index contributed by atoms with van der Waals surface area (Å²) in [5.41, 5.74) is 0. The predicted molar refractivity (Wildman–Crippen MR) is 328 cm³/mol. The van der Waals surface area contributed by atoms with Crippen LogP contribution >= 0.6 is 0 Å². The fourth-order valence-corrected chi connectivity index (χ4v) is 13.6. The summed E-state index contributed by atoms with van der Waals surface area (Å²) in [6.45, 7) is -5.01. The van der Waals surface area contributed by atoms with Gasteiger partial charge in [0.25, 0.3) is 5.79 Å². The van der Waals surface area contributed by atoms with E-state index >= 15 is 0 Å². The van der Waals surface area contributed by atoms with Gasteiger partial charge in [-0.05, 0) is 0 Å². The van der Waals surface area contributed by atoms with E-state index in [1.165, 1.54) is 0 Å². The number of hydrogen-bond donors (Lipinski definition) is 28. The number of aliphatic hydroxyl groups excluding tert-OH is 23. The van der Waals surface area contributed by atoms with Crippen LogP contribution in [0.15, 0.2) is 0 Å². The summed E-state index contributed by atoms with van der Waals surface area (Å²) in [6.07, 6.45) is -77.0. The van der Waals surface area contributed by atoms with Crippen LogP contribution in [-0.2, 0) is 95.0 Å². The van der Waals surface area contributed by atoms with E-state index < -0.39 is 340 Å². The Morgan fingerprint density at radius 3 is 1.23 bits per heavy atom. The molecular weight excluding hydrogens is 1470 g/mol. The fourth-order valence-electron chi connectivity index (χ4n) is 13.6. The third-order valence-corrected chi connectivity index (χ3v) is 19.2. The molecule has 28 N–H and O–H groups in total. The Morgan fingerprint density at radius 2 is 0.757 bits per heavy atom. The molecule has 0 aromatic heterocycles. The van der Waals surface area contributed by atoms with Crippen molar-refractivity contribution in [3.63, 3.8) is 0 Å². The summed E-state index contributed by atoms with van der Waals surface area (Å²) >= 11 is 0. The number of carbonyl (C=O) groups excluding carboxylic acids is 4. The van der Waals surface area contributed by atoms with Gasteiger partial charge in [0.15, 0.2) is 44.0 Å². The van der Waals surface area contributed by atoms with Crippen LogP contribution in [0.5, 0.6) is 0 Å². The second kappa shape index (κ2) is 38.1. The molecule has 8 saturated heterocycles. The van der Waals surface area contributed by atoms with Crippen molar-refractivity contribution >= 4 is 29.6 Å². The fraction of sp³-hybridized carbons (Fsp3) is 0.915. The van der Waals surface area contributed by atoms with Gasteiger partial charge in [0.1, 0.15) is 189 Å². The van der Waals surface area contributed by atoms with Crippen LogP contribution in [0.3, 0.4) is 0 Å². The van der Waals surface area contributed by atoms with Crippen LogP contribution in [0.4, 0.5) is 0 Å². The van der Waals surface area contributed by atoms with Crippen molar-refractivity contribution in [3.05, 3.63) is 0 Å². The van der Waals surface area contributed by atoms with Gasteiger partial charge in [-0.15, -0.1) is 0 Å². The first kappa shape index (κ1) is 88.4. The second-order valence-electron chi connectivity index (χ2n) is 26.8. The van der Waals surface area contributed by atoms with Gasteiger partial charge in [0, 0.05) is 34.1 Å². The quantitative estimate of drug-likeness (QED) is 0.0331. The molecule has 0 aromatic carbocycles. The average Bonchev–Trinajstić information content (AvgIpc) is 0.766. The second-order valence-corrected chi connectivity index (χ2v) is 26.8. The van der Waals surface area contributed by atoms with E-state index in [0.29, 0.717) is 0 Å². The number of rotatable bonds is 29. The van der Waals surface area contributed by atoms with E-state index in [4.69, 9.17) is 71.1 Å². The van der Waals surface area contributed by atoms with Gasteiger partial charge < -0.3 is 215 Å². The number of amides is 4. The number of carboxylic acids is 1. The van der Waals surface area contributed by atoms with Gasteiger partial charge in [0.2, 0.25) is 23.6 Å². The maximum absolute atomic E-state index is 13.0. The molecule has 618 valence electrons. The van der Waals surface area contributed by atoms with Crippen molar-refractivity contribution in [2.75, 3.05) is 52.9 Å². The lowest BCUT2D eigenvalue weighted by atomic mass is 9.88. The van der Waals surface area contributed by atoms with Gasteiger partial charge in [-0.25, -0.2) is 4.79 Å². The van der Waals surface area contributed by atoms with Crippen molar-refractivity contribution in [1.82, 2.24) is 21.3 Å². The lowest BCUT2D eigenvalue weighted by molar-refractivity contribution is -0.397. The maximum Gasteiger partial charge on any atom is 0.364 e. The molecule has 8 aliphatic heterocycles. The van der Waals surface area contributed by atoms with Crippen LogP contribution in [0, 0.1) is 0 Å². The Hall–Kier alpha value is -4.17. The van der Waals surface area contributed by atoms with Crippen LogP contribution in [0.1, 0.15) is 34.1 Å². The van der Waals surface area contributed by atoms with Crippen LogP contribution < -0.4 is 21.3 Å². The Balaban J connectivity index is 1.06. The highest BCUT2D eigenvalue weighted by Gasteiger charge is 2.61. The molecule has 107 heavy (non-hydrogen) atoms. The molecule has 0 aliphatic carbocycles. The monoisotopic (exact) mass is 1570 g/mol. The van der Waals surface area contributed by atoms with Gasteiger partial charge >= 0.3 is 5.97 Å². The number of hydrogen-bond acceptors (Lipinski definition) is 43. The molecule has 0 radical (unpaired) electrons. The summed E-state index contributed by atoms with van der Waals surface area (Å²) in [4.78, 5) is 62.9. The summed E-state index contributed by atoms with van der Waals surface area (Å²) in [7, 11) is 0. The minimum Gasteiger partial charge on any atom is -0.477 e. The van der Waals surface area contributed by atoms with Crippen molar-refractivity contribution in [1.29, 1.82) is 0 Å². The number of aliphatic carboxylic acids is 1. The largest absolute Gasteiger partial charge is 0.477 e. The van der Waals surface area contributed by atoms with E-state index in [0.717, 1.165) is 27.7 Å². The highest BCUT2D eigenvalue weighted by Crippen LogP contribution is 2.40. The van der Waals surface area contributed by atoms with E-state index in [9.17, 15) is 147 Å². The zero-order valence-electron chi connectivity index (χ0n) is 57.4. The normalized spacial score (nSPS) is 46.9. The predicted octanol–water partition coefficient (Wildman–Crippen LogP) is -18.7. The maximum atomic E-state index is 13.0. The lowest BCUT2D eigenvalue weighted by Gasteiger charge is -2.51. The van der Waals surface area contributed by atoms with Crippen molar-refractivity contribution in [3.8, 4) is 0 Å². The zero-order valence-corrected chi connectivity index (χ0v) is 57.4. The van der Waals surface area contributed by atoms with E-state index in [1.54, 1.807) is 0 Å². The third-order valence-electron chi connectivity index (χ3n) is 19.2. The molecule has 0 aromatic rings. The summed E-state index contributed by atoms with van der Waals surface area (Å²) in [5, 5.41) is 273. The molecule has 0 spiro atoms. The van der Waals surface area contributed by atoms with Crippen molar-refractivity contribution < 1.29 is 218 Å². The van der Waals surface area contributed by atoms with Crippen LogP contribution in [-0.4, -0.2) is 456 Å². The standard InChI is InChI=1S/C59H98N4O44/c1-14(70)60-27-18(74)5-59(58(91)92,107-48(27)31(76)19(75)6-64)94-13-26-34(79)40(85)43(88)55(101-26)103-46-23(10-68)99-53(30(38(46)83)63-17(4)73)106-50-41(86)33(78)21(8-66)97-57(50)105-49-35(80)25(12-93-54-42(87)39(84)32(77)20(7-65)96-54)100-56(44(49)89)104-47-24(11-69)98-52(29(37(47)82)62-16(3)72)102-45-22(9-67)95-51(90)28(36(45)81)61-15(2)71/h18-57,64-69,74-90H,5-13H2,1-4H3,(H,60,70)(H,61,71)(H,62,72)(H,63,73)(H,91,92)/t18-,19+,20+,21+,22+,23+,24+,25+,26+,27+,28+,29+,30+,31+,32+,33+,34-,35+,36+,37+,38+,39-,40-,41-,42-,43+,44-,45+,46+,47+,48+,49-,50-,51+,52-,53-,54+,55-,56-,57-,59-/m0/s1. The van der Waals surface area contributed by atoms with Crippen molar-refractivity contribution in [2.45, 2.75) is 285 Å². The number of nitrogens with one attached hydrogen (secondary N) is 4. The van der Waals surface area contributed by atoms with Gasteiger partial charge in [-0.1, -0.05) is 0 Å². The first-order valence-corrected chi connectivity index (χ1v) is 33.7. The molecule has 0 saturated carbocycles.